The summed E-state index contributed by atoms with van der Waals surface area (Å²) in [6.07, 6.45) is 1.34. The second kappa shape index (κ2) is 12.5. The SMILES string of the molecule is O=C1NC(=O)N(c2ccc(OCc3ccccc3)cc2)C(=O)/C1=C/c1cc(Br)ccc1OCc1cccc([N+](=O)[O-])c1. The summed E-state index contributed by atoms with van der Waals surface area (Å²) in [6.45, 7) is 0.353. The van der Waals surface area contributed by atoms with Crippen LogP contribution in [0.1, 0.15) is 16.7 Å². The Hall–Kier alpha value is -5.29. The first-order chi connectivity index (χ1) is 20.3. The second-order valence-corrected chi connectivity index (χ2v) is 10.0. The van der Waals surface area contributed by atoms with Gasteiger partial charge in [-0.25, -0.2) is 9.69 Å². The number of non-ortho nitro benzene ring substituents is 1. The quantitative estimate of drug-likeness (QED) is 0.101. The maximum Gasteiger partial charge on any atom is 0.335 e. The number of imide groups is 2. The van der Waals surface area contributed by atoms with Crippen molar-refractivity contribution in [2.75, 3.05) is 4.90 Å². The Morgan fingerprint density at radius 2 is 1.55 bits per heavy atom. The van der Waals surface area contributed by atoms with Gasteiger partial charge in [-0.05, 0) is 59.7 Å². The number of anilines is 1. The first-order valence-corrected chi connectivity index (χ1v) is 13.4. The first-order valence-electron chi connectivity index (χ1n) is 12.6. The third-order valence-corrected chi connectivity index (χ3v) is 6.73. The molecule has 0 spiro atoms. The van der Waals surface area contributed by atoms with Crippen LogP contribution in [0.15, 0.2) is 107 Å². The molecule has 0 radical (unpaired) electrons. The molecule has 4 aromatic carbocycles. The van der Waals surface area contributed by atoms with Gasteiger partial charge in [0.15, 0.2) is 0 Å². The Bertz CT molecular complexity index is 1710. The van der Waals surface area contributed by atoms with E-state index in [4.69, 9.17) is 9.47 Å². The molecule has 1 heterocycles. The van der Waals surface area contributed by atoms with Crippen LogP contribution in [0, 0.1) is 10.1 Å². The molecule has 4 aromatic rings. The van der Waals surface area contributed by atoms with Gasteiger partial charge in [-0.1, -0.05) is 58.4 Å². The minimum Gasteiger partial charge on any atom is -0.489 e. The van der Waals surface area contributed by atoms with Gasteiger partial charge in [0, 0.05) is 22.2 Å². The second-order valence-electron chi connectivity index (χ2n) is 9.12. The number of benzene rings is 4. The van der Waals surface area contributed by atoms with Crippen LogP contribution in [0.4, 0.5) is 16.2 Å². The van der Waals surface area contributed by atoms with Gasteiger partial charge in [0.2, 0.25) is 0 Å². The van der Waals surface area contributed by atoms with E-state index in [0.29, 0.717) is 33.7 Å². The Morgan fingerprint density at radius 1 is 0.833 bits per heavy atom. The van der Waals surface area contributed by atoms with E-state index in [1.54, 1.807) is 54.6 Å². The molecule has 1 saturated heterocycles. The Morgan fingerprint density at radius 3 is 2.29 bits per heavy atom. The molecular formula is C31H22BrN3O7. The molecule has 0 bridgehead atoms. The third-order valence-electron chi connectivity index (χ3n) is 6.23. The summed E-state index contributed by atoms with van der Waals surface area (Å²) in [7, 11) is 0. The van der Waals surface area contributed by atoms with Crippen LogP contribution in [0.25, 0.3) is 6.08 Å². The van der Waals surface area contributed by atoms with Crippen LogP contribution < -0.4 is 19.7 Å². The minimum absolute atomic E-state index is 0.00291. The maximum absolute atomic E-state index is 13.5. The number of hydrogen-bond donors (Lipinski definition) is 1. The number of carbonyl (C=O) groups is 3. The molecule has 1 aliphatic heterocycles. The number of halogens is 1. The third kappa shape index (κ3) is 6.53. The van der Waals surface area contributed by atoms with Gasteiger partial charge in [0.05, 0.1) is 10.6 Å². The molecule has 210 valence electrons. The fourth-order valence-electron chi connectivity index (χ4n) is 4.16. The van der Waals surface area contributed by atoms with Gasteiger partial charge in [-0.2, -0.15) is 0 Å². The van der Waals surface area contributed by atoms with E-state index in [-0.39, 0.29) is 23.6 Å². The van der Waals surface area contributed by atoms with Crippen molar-refractivity contribution < 1.29 is 28.8 Å². The zero-order chi connectivity index (χ0) is 29.6. The minimum atomic E-state index is -0.878. The van der Waals surface area contributed by atoms with E-state index in [9.17, 15) is 24.5 Å². The highest BCUT2D eigenvalue weighted by Gasteiger charge is 2.37. The van der Waals surface area contributed by atoms with Crippen LogP contribution in [-0.4, -0.2) is 22.8 Å². The lowest BCUT2D eigenvalue weighted by atomic mass is 10.1. The number of nitrogens with zero attached hydrogens (tertiary/aromatic N) is 2. The number of amides is 4. The van der Waals surface area contributed by atoms with Crippen molar-refractivity contribution in [1.82, 2.24) is 5.32 Å². The number of rotatable bonds is 9. The standard InChI is InChI=1S/C31H22BrN3O7/c32-23-9-14-28(42-19-21-7-4-8-25(15-21)35(39)40)22(16-23)17-27-29(36)33-31(38)34(30(27)37)24-10-12-26(13-11-24)41-18-20-5-2-1-3-6-20/h1-17H,18-19H2,(H,33,36,38)/b27-17+. The molecule has 0 unspecified atom stereocenters. The number of nitro groups is 1. The molecular weight excluding hydrogens is 606 g/mol. The number of carbonyl (C=O) groups excluding carboxylic acids is 3. The largest absolute Gasteiger partial charge is 0.489 e. The molecule has 1 fully saturated rings. The van der Waals surface area contributed by atoms with E-state index in [1.807, 2.05) is 30.3 Å². The van der Waals surface area contributed by atoms with Crippen LogP contribution >= 0.6 is 15.9 Å². The number of nitro benzene ring substituents is 1. The number of barbiturate groups is 1. The summed E-state index contributed by atoms with van der Waals surface area (Å²) in [5.41, 5.74) is 1.83. The van der Waals surface area contributed by atoms with Crippen molar-refractivity contribution in [2.24, 2.45) is 0 Å². The van der Waals surface area contributed by atoms with Crippen molar-refractivity contribution in [3.05, 3.63) is 134 Å². The smallest absolute Gasteiger partial charge is 0.335 e. The molecule has 1 N–H and O–H groups in total. The number of nitrogens with one attached hydrogen (secondary N) is 1. The van der Waals surface area contributed by atoms with E-state index >= 15 is 0 Å². The lowest BCUT2D eigenvalue weighted by Gasteiger charge is -2.26. The summed E-state index contributed by atoms with van der Waals surface area (Å²) in [4.78, 5) is 50.4. The lowest BCUT2D eigenvalue weighted by molar-refractivity contribution is -0.384. The predicted molar refractivity (Wildman–Crippen MR) is 158 cm³/mol. The average molecular weight is 628 g/mol. The highest BCUT2D eigenvalue weighted by atomic mass is 79.9. The maximum atomic E-state index is 13.5. The molecule has 10 nitrogen and oxygen atoms in total. The van der Waals surface area contributed by atoms with Crippen molar-refractivity contribution >= 4 is 51.2 Å². The highest BCUT2D eigenvalue weighted by Crippen LogP contribution is 2.29. The van der Waals surface area contributed by atoms with Crippen molar-refractivity contribution in [2.45, 2.75) is 13.2 Å². The van der Waals surface area contributed by atoms with Crippen molar-refractivity contribution in [3.8, 4) is 11.5 Å². The topological polar surface area (TPSA) is 128 Å². The van der Waals surface area contributed by atoms with Crippen LogP contribution in [-0.2, 0) is 22.8 Å². The lowest BCUT2D eigenvalue weighted by Crippen LogP contribution is -2.54. The van der Waals surface area contributed by atoms with Gasteiger partial charge in [-0.15, -0.1) is 0 Å². The zero-order valence-electron chi connectivity index (χ0n) is 21.9. The van der Waals surface area contributed by atoms with Crippen LogP contribution in [0.3, 0.4) is 0 Å². The molecule has 0 aliphatic carbocycles. The Kier molecular flexibility index (Phi) is 8.39. The fraction of sp³-hybridized carbons (Fsp3) is 0.0645. The predicted octanol–water partition coefficient (Wildman–Crippen LogP) is 6.18. The monoisotopic (exact) mass is 627 g/mol. The molecule has 0 atom stereocenters. The summed E-state index contributed by atoms with van der Waals surface area (Å²) in [5, 5.41) is 13.3. The zero-order valence-corrected chi connectivity index (χ0v) is 23.4. The van der Waals surface area contributed by atoms with Gasteiger partial charge in [-0.3, -0.25) is 25.0 Å². The number of hydrogen-bond acceptors (Lipinski definition) is 7. The molecule has 42 heavy (non-hydrogen) atoms. The number of urea groups is 1. The molecule has 5 rings (SSSR count). The summed E-state index contributed by atoms with van der Waals surface area (Å²) in [6, 6.07) is 26.1. The van der Waals surface area contributed by atoms with E-state index in [0.717, 1.165) is 10.5 Å². The number of ether oxygens (including phenoxy) is 2. The molecule has 0 saturated carbocycles. The average Bonchev–Trinajstić information content (AvgIpc) is 2.99. The van der Waals surface area contributed by atoms with Gasteiger partial charge < -0.3 is 9.47 Å². The fourth-order valence-corrected chi connectivity index (χ4v) is 4.54. The summed E-state index contributed by atoms with van der Waals surface area (Å²) >= 11 is 3.38. The van der Waals surface area contributed by atoms with E-state index in [2.05, 4.69) is 21.2 Å². The summed E-state index contributed by atoms with van der Waals surface area (Å²) < 4.78 is 12.3. The Labute approximate surface area is 248 Å². The summed E-state index contributed by atoms with van der Waals surface area (Å²) in [5.74, 6) is -0.805. The van der Waals surface area contributed by atoms with Crippen molar-refractivity contribution in [1.29, 1.82) is 0 Å². The normalized spacial score (nSPS) is 14.1. The molecule has 1 aliphatic rings. The molecule has 0 aromatic heterocycles. The van der Waals surface area contributed by atoms with Gasteiger partial charge in [0.1, 0.15) is 30.3 Å². The van der Waals surface area contributed by atoms with Crippen LogP contribution in [0.2, 0.25) is 0 Å². The molecule has 4 amide bonds. The van der Waals surface area contributed by atoms with E-state index in [1.165, 1.54) is 18.2 Å². The van der Waals surface area contributed by atoms with Gasteiger partial charge in [0.25, 0.3) is 17.5 Å². The first kappa shape index (κ1) is 28.2. The van der Waals surface area contributed by atoms with E-state index < -0.39 is 22.8 Å². The van der Waals surface area contributed by atoms with Crippen LogP contribution in [0.5, 0.6) is 11.5 Å². The van der Waals surface area contributed by atoms with Gasteiger partial charge >= 0.3 is 6.03 Å². The highest BCUT2D eigenvalue weighted by molar-refractivity contribution is 9.10. The molecule has 11 heteroatoms. The Balaban J connectivity index is 1.36. The van der Waals surface area contributed by atoms with Crippen molar-refractivity contribution in [3.63, 3.8) is 0 Å².